The lowest BCUT2D eigenvalue weighted by molar-refractivity contribution is -0.144. The van der Waals surface area contributed by atoms with Crippen LogP contribution in [0.2, 0.25) is 0 Å². The lowest BCUT2D eigenvalue weighted by Gasteiger charge is -2.50. The molecule has 1 saturated heterocycles. The molecule has 1 heterocycles. The highest BCUT2D eigenvalue weighted by Crippen LogP contribution is 2.32. The minimum atomic E-state index is -1.48. The highest BCUT2D eigenvalue weighted by Gasteiger charge is 2.42. The number of carbonyl (C=O) groups excluding carboxylic acids is 1. The molecule has 0 aliphatic carbocycles. The molecule has 0 radical (unpaired) electrons. The fraction of sp³-hybridized carbons (Fsp3) is 0.667. The molecular formula is C15H24N2O5. The quantitative estimate of drug-likeness (QED) is 0.434. The summed E-state index contributed by atoms with van der Waals surface area (Å²) in [5.74, 6) is -3.07. The van der Waals surface area contributed by atoms with Crippen molar-refractivity contribution in [3.05, 3.63) is 11.3 Å². The normalized spacial score (nSPS) is 21.7. The Morgan fingerprint density at radius 1 is 1.18 bits per heavy atom. The Bertz CT molecular complexity index is 498. The van der Waals surface area contributed by atoms with E-state index in [4.69, 9.17) is 0 Å². The van der Waals surface area contributed by atoms with Crippen LogP contribution in [-0.4, -0.2) is 63.0 Å². The summed E-state index contributed by atoms with van der Waals surface area (Å²) in [5.41, 5.74) is -0.931. The Morgan fingerprint density at radius 3 is 2.09 bits per heavy atom. The van der Waals surface area contributed by atoms with Crippen LogP contribution in [-0.2, 0) is 14.4 Å². The maximum Gasteiger partial charge on any atom is 0.344 e. The van der Waals surface area contributed by atoms with Crippen molar-refractivity contribution in [1.82, 2.24) is 9.80 Å². The van der Waals surface area contributed by atoms with Crippen molar-refractivity contribution < 1.29 is 24.6 Å². The van der Waals surface area contributed by atoms with Gasteiger partial charge in [-0.25, -0.2) is 9.59 Å². The van der Waals surface area contributed by atoms with Crippen LogP contribution in [0.25, 0.3) is 0 Å². The van der Waals surface area contributed by atoms with Crippen LogP contribution in [0.5, 0.6) is 0 Å². The highest BCUT2D eigenvalue weighted by atomic mass is 16.4. The molecule has 0 aromatic heterocycles. The Balaban J connectivity index is 3.41. The topological polar surface area (TPSA) is 98.1 Å². The fourth-order valence-corrected chi connectivity index (χ4v) is 2.86. The second-order valence-electron chi connectivity index (χ2n) is 5.63. The lowest BCUT2D eigenvalue weighted by atomic mass is 9.90. The van der Waals surface area contributed by atoms with Gasteiger partial charge < -0.3 is 20.0 Å². The fourth-order valence-electron chi connectivity index (χ4n) is 2.86. The number of hydrogen-bond donors (Lipinski definition) is 2. The number of carboxylic acid groups (broad SMARTS) is 2. The van der Waals surface area contributed by atoms with E-state index in [1.54, 1.807) is 16.7 Å². The van der Waals surface area contributed by atoms with Crippen molar-refractivity contribution in [2.45, 2.75) is 46.1 Å². The first kappa shape index (κ1) is 18.0. The molecule has 1 amide bonds. The van der Waals surface area contributed by atoms with Crippen LogP contribution < -0.4 is 0 Å². The number of aliphatic carboxylic acids is 2. The van der Waals surface area contributed by atoms with E-state index in [1.165, 1.54) is 0 Å². The summed E-state index contributed by atoms with van der Waals surface area (Å²) in [7, 11) is 0. The highest BCUT2D eigenvalue weighted by molar-refractivity contribution is 6.13. The molecule has 2 N–H and O–H groups in total. The maximum absolute atomic E-state index is 12.2. The van der Waals surface area contributed by atoms with Crippen molar-refractivity contribution >= 4 is 17.8 Å². The first-order valence-electron chi connectivity index (χ1n) is 7.46. The largest absolute Gasteiger partial charge is 0.477 e. The molecule has 0 unspecified atom stereocenters. The standard InChI is InChI=1S/C15H24N2O5/c1-5-10(12(13(19)20)14(21)22)17-8-11(18)16(7-3)9-15(17,4)6-2/h5-9H2,1-4H3,(H,19,20)(H,21,22)/t15-/m0/s1. The first-order chi connectivity index (χ1) is 10.2. The number of piperazine rings is 1. The smallest absolute Gasteiger partial charge is 0.344 e. The number of likely N-dealkylation sites (N-methyl/N-ethyl adjacent to an activating group) is 1. The second kappa shape index (κ2) is 6.81. The van der Waals surface area contributed by atoms with E-state index in [0.717, 1.165) is 0 Å². The number of rotatable bonds is 6. The van der Waals surface area contributed by atoms with Crippen LogP contribution in [0.15, 0.2) is 11.3 Å². The zero-order valence-corrected chi connectivity index (χ0v) is 13.5. The summed E-state index contributed by atoms with van der Waals surface area (Å²) in [5, 5.41) is 18.4. The second-order valence-corrected chi connectivity index (χ2v) is 5.63. The molecule has 1 aliphatic heterocycles. The van der Waals surface area contributed by atoms with Crippen LogP contribution in [0.1, 0.15) is 40.5 Å². The molecular weight excluding hydrogens is 288 g/mol. The molecule has 1 aliphatic rings. The summed E-state index contributed by atoms with van der Waals surface area (Å²) in [4.78, 5) is 38.2. The molecule has 0 spiro atoms. The minimum absolute atomic E-state index is 0.00537. The average molecular weight is 312 g/mol. The van der Waals surface area contributed by atoms with Crippen LogP contribution in [0, 0.1) is 0 Å². The number of carboxylic acids is 2. The van der Waals surface area contributed by atoms with E-state index in [-0.39, 0.29) is 24.6 Å². The third-order valence-corrected chi connectivity index (χ3v) is 4.35. The summed E-state index contributed by atoms with van der Waals surface area (Å²) >= 11 is 0. The van der Waals surface area contributed by atoms with Gasteiger partial charge in [0.25, 0.3) is 0 Å². The molecule has 0 aromatic carbocycles. The zero-order chi connectivity index (χ0) is 17.1. The van der Waals surface area contributed by atoms with E-state index in [2.05, 4.69) is 0 Å². The number of nitrogens with zero attached hydrogens (tertiary/aromatic N) is 2. The summed E-state index contributed by atoms with van der Waals surface area (Å²) in [6.45, 7) is 8.51. The van der Waals surface area contributed by atoms with Gasteiger partial charge >= 0.3 is 11.9 Å². The number of allylic oxidation sites excluding steroid dienone is 1. The van der Waals surface area contributed by atoms with Crippen molar-refractivity contribution in [3.8, 4) is 0 Å². The van der Waals surface area contributed by atoms with Crippen LogP contribution in [0.4, 0.5) is 0 Å². The first-order valence-corrected chi connectivity index (χ1v) is 7.46. The maximum atomic E-state index is 12.2. The Labute approximate surface area is 130 Å². The van der Waals surface area contributed by atoms with Crippen LogP contribution >= 0.6 is 0 Å². The molecule has 0 aromatic rings. The number of amides is 1. The van der Waals surface area contributed by atoms with Gasteiger partial charge in [0.2, 0.25) is 5.91 Å². The summed E-state index contributed by atoms with van der Waals surface area (Å²) in [6.07, 6.45) is 0.912. The monoisotopic (exact) mass is 312 g/mol. The molecule has 0 saturated carbocycles. The van der Waals surface area contributed by atoms with Gasteiger partial charge in [-0.15, -0.1) is 0 Å². The van der Waals surface area contributed by atoms with E-state index >= 15 is 0 Å². The van der Waals surface area contributed by atoms with Crippen molar-refractivity contribution in [2.75, 3.05) is 19.6 Å². The van der Waals surface area contributed by atoms with Crippen molar-refractivity contribution in [3.63, 3.8) is 0 Å². The predicted octanol–water partition coefficient (Wildman–Crippen LogP) is 1.15. The molecule has 7 nitrogen and oxygen atoms in total. The summed E-state index contributed by atoms with van der Waals surface area (Å²) in [6, 6.07) is 0. The predicted molar refractivity (Wildman–Crippen MR) is 80.2 cm³/mol. The Hall–Kier alpha value is -2.05. The number of carbonyl (C=O) groups is 3. The molecule has 22 heavy (non-hydrogen) atoms. The van der Waals surface area contributed by atoms with Gasteiger partial charge in [0.15, 0.2) is 5.57 Å². The molecule has 1 atom stereocenters. The summed E-state index contributed by atoms with van der Waals surface area (Å²) < 4.78 is 0. The third-order valence-electron chi connectivity index (χ3n) is 4.35. The van der Waals surface area contributed by atoms with E-state index < -0.39 is 23.1 Å². The van der Waals surface area contributed by atoms with Gasteiger partial charge in [0.1, 0.15) is 0 Å². The van der Waals surface area contributed by atoms with Crippen molar-refractivity contribution in [2.24, 2.45) is 0 Å². The van der Waals surface area contributed by atoms with Gasteiger partial charge in [0.05, 0.1) is 12.1 Å². The SMILES string of the molecule is CCC(=C(C(=O)O)C(=O)O)N1CC(=O)N(CC)C[C@]1(C)CC. The van der Waals surface area contributed by atoms with Gasteiger partial charge in [-0.1, -0.05) is 13.8 Å². The molecule has 7 heteroatoms. The van der Waals surface area contributed by atoms with Gasteiger partial charge in [-0.3, -0.25) is 4.79 Å². The van der Waals surface area contributed by atoms with Gasteiger partial charge in [-0.05, 0) is 26.7 Å². The van der Waals surface area contributed by atoms with Crippen molar-refractivity contribution in [1.29, 1.82) is 0 Å². The van der Waals surface area contributed by atoms with E-state index in [0.29, 0.717) is 19.5 Å². The minimum Gasteiger partial charge on any atom is -0.477 e. The Kier molecular flexibility index (Phi) is 5.57. The average Bonchev–Trinajstić information content (AvgIpc) is 2.46. The number of hydrogen-bond acceptors (Lipinski definition) is 4. The Morgan fingerprint density at radius 2 is 1.73 bits per heavy atom. The molecule has 0 bridgehead atoms. The van der Waals surface area contributed by atoms with E-state index in [1.807, 2.05) is 20.8 Å². The van der Waals surface area contributed by atoms with Crippen LogP contribution in [0.3, 0.4) is 0 Å². The third kappa shape index (κ3) is 3.23. The zero-order valence-electron chi connectivity index (χ0n) is 13.5. The molecule has 1 fully saturated rings. The van der Waals surface area contributed by atoms with Gasteiger partial charge in [0, 0.05) is 18.8 Å². The lowest BCUT2D eigenvalue weighted by Crippen LogP contribution is -2.62. The van der Waals surface area contributed by atoms with Gasteiger partial charge in [-0.2, -0.15) is 0 Å². The van der Waals surface area contributed by atoms with E-state index in [9.17, 15) is 24.6 Å². The molecule has 124 valence electrons. The molecule has 1 rings (SSSR count).